The number of halogens is 2. The fourth-order valence-corrected chi connectivity index (χ4v) is 3.54. The van der Waals surface area contributed by atoms with Gasteiger partial charge in [-0.15, -0.1) is 0 Å². The van der Waals surface area contributed by atoms with Gasteiger partial charge in [-0.2, -0.15) is 0 Å². The minimum atomic E-state index is -0.823. The van der Waals surface area contributed by atoms with Crippen molar-refractivity contribution in [1.82, 2.24) is 4.90 Å². The summed E-state index contributed by atoms with van der Waals surface area (Å²) in [4.78, 5) is 13.7. The number of carbonyl (C=O) groups excluding carboxylic acids is 1. The van der Waals surface area contributed by atoms with Crippen LogP contribution >= 0.6 is 11.9 Å². The number of hydrogen-bond donors (Lipinski definition) is 2. The summed E-state index contributed by atoms with van der Waals surface area (Å²) < 4.78 is 36.6. The Morgan fingerprint density at radius 3 is 2.37 bits per heavy atom. The molecule has 0 bridgehead atoms. The van der Waals surface area contributed by atoms with Crippen molar-refractivity contribution in [1.29, 1.82) is 5.41 Å². The molecule has 0 radical (unpaired) electrons. The van der Waals surface area contributed by atoms with Gasteiger partial charge < -0.3 is 14.4 Å². The monoisotopic (exact) mass is 501 g/mol. The van der Waals surface area contributed by atoms with Crippen LogP contribution in [0.1, 0.15) is 46.6 Å². The number of anilines is 1. The quantitative estimate of drug-likeness (QED) is 0.382. The van der Waals surface area contributed by atoms with E-state index in [4.69, 9.17) is 10.1 Å². The second-order valence-electron chi connectivity index (χ2n) is 8.51. The lowest BCUT2D eigenvalue weighted by Gasteiger charge is -2.26. The number of carbonyl (C=O) groups is 1. The van der Waals surface area contributed by atoms with E-state index in [2.05, 4.69) is 25.5 Å². The lowest BCUT2D eigenvalue weighted by atomic mass is 9.90. The summed E-state index contributed by atoms with van der Waals surface area (Å²) in [5.41, 5.74) is 2.33. The van der Waals surface area contributed by atoms with Gasteiger partial charge in [0.05, 0.1) is 0 Å². The van der Waals surface area contributed by atoms with Crippen LogP contribution in [0.25, 0.3) is 5.57 Å². The molecule has 188 valence electrons. The number of rotatable bonds is 7. The summed E-state index contributed by atoms with van der Waals surface area (Å²) in [6.07, 6.45) is 4.07. The Bertz CT molecular complexity index is 1130. The van der Waals surface area contributed by atoms with Crippen molar-refractivity contribution in [2.45, 2.75) is 41.0 Å². The summed E-state index contributed by atoms with van der Waals surface area (Å²) in [6, 6.07) is 8.40. The lowest BCUT2D eigenvalue weighted by molar-refractivity contribution is -0.120. The third-order valence-corrected chi connectivity index (χ3v) is 5.21. The van der Waals surface area contributed by atoms with Crippen LogP contribution in [0.2, 0.25) is 0 Å². The van der Waals surface area contributed by atoms with Gasteiger partial charge in [0, 0.05) is 47.5 Å². The topological polar surface area (TPSA) is 65.4 Å². The Labute approximate surface area is 210 Å². The summed E-state index contributed by atoms with van der Waals surface area (Å²) in [7, 11) is 1.58. The van der Waals surface area contributed by atoms with Crippen LogP contribution in [0.15, 0.2) is 54.2 Å². The fraction of sp³-hybridized carbons (Fsp3) is 0.333. The van der Waals surface area contributed by atoms with Crippen molar-refractivity contribution in [3.05, 3.63) is 71.4 Å². The molecular weight excluding hydrogens is 468 g/mol. The molecule has 8 heteroatoms. The van der Waals surface area contributed by atoms with Crippen LogP contribution < -0.4 is 9.46 Å². The molecular formula is C27H33F2N3O2S. The maximum absolute atomic E-state index is 14.2. The van der Waals surface area contributed by atoms with E-state index in [0.717, 1.165) is 29.5 Å². The lowest BCUT2D eigenvalue weighted by Crippen LogP contribution is -2.34. The van der Waals surface area contributed by atoms with E-state index in [9.17, 15) is 13.6 Å². The highest BCUT2D eigenvalue weighted by Gasteiger charge is 2.29. The number of nitrogens with zero attached hydrogens (tertiary/aromatic N) is 1. The van der Waals surface area contributed by atoms with E-state index in [0.29, 0.717) is 28.9 Å². The highest BCUT2D eigenvalue weighted by molar-refractivity contribution is 8.00. The van der Waals surface area contributed by atoms with Crippen LogP contribution in [0, 0.1) is 23.0 Å². The van der Waals surface area contributed by atoms with Gasteiger partial charge in [-0.25, -0.2) is 8.78 Å². The predicted molar refractivity (Wildman–Crippen MR) is 142 cm³/mol. The Morgan fingerprint density at radius 2 is 1.77 bits per heavy atom. The molecule has 0 fully saturated rings. The van der Waals surface area contributed by atoms with E-state index in [-0.39, 0.29) is 11.5 Å². The first-order valence-electron chi connectivity index (χ1n) is 11.5. The molecule has 2 N–H and O–H groups in total. The molecule has 0 spiro atoms. The van der Waals surface area contributed by atoms with Crippen molar-refractivity contribution in [2.24, 2.45) is 5.92 Å². The first-order valence-corrected chi connectivity index (χ1v) is 12.5. The van der Waals surface area contributed by atoms with Crippen LogP contribution in [0.5, 0.6) is 11.5 Å². The molecule has 3 rings (SSSR count). The third-order valence-electron chi connectivity index (χ3n) is 4.54. The van der Waals surface area contributed by atoms with E-state index >= 15 is 0 Å². The smallest absolute Gasteiger partial charge is 0.276 e. The van der Waals surface area contributed by atoms with Crippen LogP contribution in [-0.4, -0.2) is 29.3 Å². The van der Waals surface area contributed by atoms with Gasteiger partial charge in [0.25, 0.3) is 5.91 Å². The number of hydrogen-bond acceptors (Lipinski definition) is 5. The van der Waals surface area contributed by atoms with Crippen molar-refractivity contribution in [2.75, 3.05) is 17.5 Å². The molecule has 1 aliphatic rings. The molecule has 0 aromatic heterocycles. The Kier molecular flexibility index (Phi) is 10.5. The maximum atomic E-state index is 14.2. The van der Waals surface area contributed by atoms with Crippen LogP contribution in [0.4, 0.5) is 14.5 Å². The number of amides is 1. The van der Waals surface area contributed by atoms with Gasteiger partial charge in [0.2, 0.25) is 0 Å². The first kappa shape index (κ1) is 28.1. The minimum Gasteiger partial charge on any atom is -0.454 e. The second kappa shape index (κ2) is 13.1. The zero-order chi connectivity index (χ0) is 26.1. The summed E-state index contributed by atoms with van der Waals surface area (Å²) in [5, 5.41) is 8.32. The molecule has 1 amide bonds. The molecule has 5 nitrogen and oxygen atoms in total. The van der Waals surface area contributed by atoms with Crippen LogP contribution in [-0.2, 0) is 4.79 Å². The van der Waals surface area contributed by atoms with Gasteiger partial charge in [0.1, 0.15) is 17.3 Å². The Morgan fingerprint density at radius 1 is 1.11 bits per heavy atom. The van der Waals surface area contributed by atoms with Crippen molar-refractivity contribution < 1.29 is 18.3 Å². The molecule has 1 aliphatic heterocycles. The standard InChI is InChI=1S/C23H23F2N3O2S.C4H10/c1-4-6-16-18(13-28(3)23(29)22(16)26)17-12-15(27-31-5-2)8-10-20(17)30-21-9-7-14(24)11-19(21)25;1-4(2)3/h6-13,26-27H,4-5H2,1-3H3;4H,1-3H3/b16-6-,26-22?;. The van der Waals surface area contributed by atoms with Gasteiger partial charge in [-0.05, 0) is 42.7 Å². The first-order chi connectivity index (χ1) is 16.6. The molecule has 0 atom stereocenters. The Hall–Kier alpha value is -3.13. The van der Waals surface area contributed by atoms with Crippen LogP contribution in [0.3, 0.4) is 0 Å². The summed E-state index contributed by atoms with van der Waals surface area (Å²) in [5.74, 6) is -0.0505. The Balaban J connectivity index is 0.00000100. The maximum Gasteiger partial charge on any atom is 0.276 e. The molecule has 0 saturated heterocycles. The second-order valence-corrected chi connectivity index (χ2v) is 9.58. The predicted octanol–water partition coefficient (Wildman–Crippen LogP) is 7.67. The average Bonchev–Trinajstić information content (AvgIpc) is 2.80. The van der Waals surface area contributed by atoms with Gasteiger partial charge >= 0.3 is 0 Å². The zero-order valence-electron chi connectivity index (χ0n) is 21.0. The normalized spacial score (nSPS) is 14.6. The van der Waals surface area contributed by atoms with Crippen molar-refractivity contribution in [3.8, 4) is 11.5 Å². The molecule has 2 aromatic carbocycles. The molecule has 2 aromatic rings. The number of ether oxygens (including phenoxy) is 1. The van der Waals surface area contributed by atoms with Gasteiger partial charge in [0.15, 0.2) is 11.6 Å². The van der Waals surface area contributed by atoms with E-state index in [1.165, 1.54) is 22.9 Å². The molecule has 0 saturated carbocycles. The van der Waals surface area contributed by atoms with Crippen molar-refractivity contribution in [3.63, 3.8) is 0 Å². The van der Waals surface area contributed by atoms with E-state index in [1.807, 2.05) is 26.0 Å². The molecule has 1 heterocycles. The van der Waals surface area contributed by atoms with E-state index < -0.39 is 17.5 Å². The zero-order valence-corrected chi connectivity index (χ0v) is 21.9. The number of allylic oxidation sites excluding steroid dienone is 2. The molecule has 35 heavy (non-hydrogen) atoms. The highest BCUT2D eigenvalue weighted by Crippen LogP contribution is 2.39. The molecule has 0 aliphatic carbocycles. The minimum absolute atomic E-state index is 0.122. The summed E-state index contributed by atoms with van der Waals surface area (Å²) >= 11 is 1.51. The van der Waals surface area contributed by atoms with Crippen molar-refractivity contribution >= 4 is 34.8 Å². The fourth-order valence-electron chi connectivity index (χ4n) is 3.10. The SMILES string of the molecule is CC(C)C.CC/C=C1\C(=N)C(=O)N(C)C=C1c1cc(NSCC)ccc1Oc1ccc(F)cc1F. The van der Waals surface area contributed by atoms with E-state index in [1.54, 1.807) is 25.4 Å². The third kappa shape index (κ3) is 7.68. The molecule has 0 unspecified atom stereocenters. The highest BCUT2D eigenvalue weighted by atomic mass is 32.2. The van der Waals surface area contributed by atoms with Gasteiger partial charge in [-0.1, -0.05) is 52.6 Å². The number of benzene rings is 2. The largest absolute Gasteiger partial charge is 0.454 e. The number of nitrogens with one attached hydrogen (secondary N) is 2. The summed E-state index contributed by atoms with van der Waals surface area (Å²) in [6.45, 7) is 10.4. The average molecular weight is 502 g/mol. The van der Waals surface area contributed by atoms with Gasteiger partial charge in [-0.3, -0.25) is 10.2 Å².